The Balaban J connectivity index is 2.73. The van der Waals surface area contributed by atoms with E-state index in [1.807, 2.05) is 18.2 Å². The predicted molar refractivity (Wildman–Crippen MR) is 56.9 cm³/mol. The van der Waals surface area contributed by atoms with Crippen LogP contribution in [0.3, 0.4) is 0 Å². The van der Waals surface area contributed by atoms with Crippen molar-refractivity contribution in [2.24, 2.45) is 0 Å². The summed E-state index contributed by atoms with van der Waals surface area (Å²) < 4.78 is 10.3. The fourth-order valence-corrected chi connectivity index (χ4v) is 1.51. The summed E-state index contributed by atoms with van der Waals surface area (Å²) in [7, 11) is 0. The highest BCUT2D eigenvalue weighted by Crippen LogP contribution is 2.23. The molecule has 0 atom stereocenters. The molecule has 0 aliphatic heterocycles. The molecule has 0 saturated carbocycles. The largest absolute Gasteiger partial charge is 0.481 e. The minimum atomic E-state index is -0.403. The maximum absolute atomic E-state index is 11.1. The normalized spacial score (nSPS) is 10.4. The van der Waals surface area contributed by atoms with Crippen LogP contribution < -0.4 is 10.4 Å². The Morgan fingerprint density at radius 2 is 2.14 bits per heavy atom. The zero-order valence-corrected chi connectivity index (χ0v) is 8.78. The van der Waals surface area contributed by atoms with Crippen molar-refractivity contribution in [3.05, 3.63) is 40.8 Å². The molecule has 0 amide bonds. The van der Waals surface area contributed by atoms with Gasteiger partial charge in [0.05, 0.1) is 11.5 Å². The molecule has 0 saturated heterocycles. The summed E-state index contributed by atoms with van der Waals surface area (Å²) in [5.74, 6) is 0.536. The summed E-state index contributed by atoms with van der Waals surface area (Å²) in [6.45, 7) is 0. The summed E-state index contributed by atoms with van der Waals surface area (Å²) >= 11 is 3.14. The van der Waals surface area contributed by atoms with E-state index in [2.05, 4.69) is 15.9 Å². The first-order chi connectivity index (χ1) is 6.81. The zero-order valence-electron chi connectivity index (χ0n) is 7.20. The summed E-state index contributed by atoms with van der Waals surface area (Å²) in [5, 5.41) is 0.798. The second-order valence-corrected chi connectivity index (χ2v) is 3.14. The minimum Gasteiger partial charge on any atom is -0.481 e. The molecule has 0 unspecified atom stereocenters. The molecule has 72 valence electrons. The lowest BCUT2D eigenvalue weighted by Crippen LogP contribution is -1.99. The van der Waals surface area contributed by atoms with Crippen LogP contribution in [0.2, 0.25) is 0 Å². The van der Waals surface area contributed by atoms with Crippen LogP contribution in [-0.4, -0.2) is 5.52 Å². The van der Waals surface area contributed by atoms with Crippen LogP contribution in [0.1, 0.15) is 0 Å². The van der Waals surface area contributed by atoms with Crippen LogP contribution in [0.5, 0.6) is 5.75 Å². The van der Waals surface area contributed by atoms with E-state index < -0.39 is 5.63 Å². The molecule has 0 N–H and O–H groups in total. The van der Waals surface area contributed by atoms with Gasteiger partial charge in [0.2, 0.25) is 0 Å². The van der Waals surface area contributed by atoms with Crippen molar-refractivity contribution in [1.82, 2.24) is 0 Å². The first kappa shape index (κ1) is 9.27. The lowest BCUT2D eigenvalue weighted by molar-refractivity contribution is 0.397. The van der Waals surface area contributed by atoms with Gasteiger partial charge in [0.25, 0.3) is 0 Å². The molecular weight excluding hydrogens is 248 g/mol. The highest BCUT2D eigenvalue weighted by Gasteiger charge is 2.04. The van der Waals surface area contributed by atoms with E-state index in [1.54, 1.807) is 6.07 Å². The Morgan fingerprint density at radius 1 is 1.36 bits per heavy atom. The third kappa shape index (κ3) is 1.65. The summed E-state index contributed by atoms with van der Waals surface area (Å²) in [5.41, 5.74) is 0.482. The molecule has 0 aliphatic rings. The van der Waals surface area contributed by atoms with Crippen molar-refractivity contribution in [2.45, 2.75) is 0 Å². The second-order valence-electron chi connectivity index (χ2n) is 2.68. The summed E-state index contributed by atoms with van der Waals surface area (Å²) in [6, 6.07) is 8.59. The van der Waals surface area contributed by atoms with E-state index in [0.717, 1.165) is 5.39 Å². The number of para-hydroxylation sites is 1. The Bertz CT molecular complexity index is 504. The van der Waals surface area contributed by atoms with E-state index >= 15 is 0 Å². The molecule has 0 spiro atoms. The SMILES string of the molecule is O=c1cc(OCBr)c2ccccc2o1. The Hall–Kier alpha value is -1.29. The molecule has 4 heteroatoms. The molecular formula is C10H7BrO3. The standard InChI is InChI=1S/C10H7BrO3/c11-6-13-9-5-10(12)14-8-4-2-1-3-7(8)9/h1-5H,6H2. The highest BCUT2D eigenvalue weighted by molar-refractivity contribution is 9.09. The van der Waals surface area contributed by atoms with Crippen molar-refractivity contribution in [3.8, 4) is 5.75 Å². The molecule has 3 nitrogen and oxygen atoms in total. The number of ether oxygens (including phenoxy) is 1. The number of hydrogen-bond acceptors (Lipinski definition) is 3. The molecule has 0 bridgehead atoms. The highest BCUT2D eigenvalue weighted by atomic mass is 79.9. The lowest BCUT2D eigenvalue weighted by Gasteiger charge is -2.04. The van der Waals surface area contributed by atoms with Crippen LogP contribution in [0.15, 0.2) is 39.5 Å². The van der Waals surface area contributed by atoms with Gasteiger partial charge in [-0.3, -0.25) is 0 Å². The van der Waals surface area contributed by atoms with Gasteiger partial charge in [0, 0.05) is 0 Å². The number of fused-ring (bicyclic) bond motifs is 1. The number of benzene rings is 1. The lowest BCUT2D eigenvalue weighted by atomic mass is 10.2. The minimum absolute atomic E-state index is 0.348. The molecule has 2 rings (SSSR count). The molecule has 1 aromatic heterocycles. The molecule has 0 radical (unpaired) electrons. The fraction of sp³-hybridized carbons (Fsp3) is 0.100. The average molecular weight is 255 g/mol. The van der Waals surface area contributed by atoms with E-state index in [-0.39, 0.29) is 0 Å². The smallest absolute Gasteiger partial charge is 0.339 e. The third-order valence-electron chi connectivity index (χ3n) is 1.82. The van der Waals surface area contributed by atoms with Gasteiger partial charge >= 0.3 is 5.63 Å². The Morgan fingerprint density at radius 3 is 2.93 bits per heavy atom. The van der Waals surface area contributed by atoms with Gasteiger partial charge in [0.1, 0.15) is 16.8 Å². The molecule has 14 heavy (non-hydrogen) atoms. The number of alkyl halides is 1. The zero-order chi connectivity index (χ0) is 9.97. The van der Waals surface area contributed by atoms with E-state index in [9.17, 15) is 4.79 Å². The van der Waals surface area contributed by atoms with Crippen LogP contribution >= 0.6 is 15.9 Å². The first-order valence-electron chi connectivity index (χ1n) is 4.03. The van der Waals surface area contributed by atoms with Gasteiger partial charge in [-0.1, -0.05) is 12.1 Å². The van der Waals surface area contributed by atoms with E-state index in [0.29, 0.717) is 16.8 Å². The molecule has 1 aromatic carbocycles. The van der Waals surface area contributed by atoms with Crippen LogP contribution in [0, 0.1) is 0 Å². The van der Waals surface area contributed by atoms with Crippen molar-refractivity contribution in [3.63, 3.8) is 0 Å². The van der Waals surface area contributed by atoms with Crippen molar-refractivity contribution >= 4 is 26.9 Å². The number of halogens is 1. The average Bonchev–Trinajstić information content (AvgIpc) is 2.18. The fourth-order valence-electron chi connectivity index (χ4n) is 1.26. The van der Waals surface area contributed by atoms with Gasteiger partial charge < -0.3 is 9.15 Å². The van der Waals surface area contributed by atoms with Crippen LogP contribution in [-0.2, 0) is 0 Å². The summed E-state index contributed by atoms with van der Waals surface area (Å²) in [4.78, 5) is 11.1. The van der Waals surface area contributed by atoms with E-state index in [1.165, 1.54) is 6.07 Å². The Labute approximate surface area is 88.4 Å². The van der Waals surface area contributed by atoms with Gasteiger partial charge in [0.15, 0.2) is 0 Å². The van der Waals surface area contributed by atoms with Crippen LogP contribution in [0.4, 0.5) is 0 Å². The van der Waals surface area contributed by atoms with Crippen molar-refractivity contribution in [2.75, 3.05) is 5.52 Å². The molecule has 2 aromatic rings. The quantitative estimate of drug-likeness (QED) is 0.611. The third-order valence-corrected chi connectivity index (χ3v) is 2.05. The molecule has 0 aliphatic carbocycles. The summed E-state index contributed by atoms with van der Waals surface area (Å²) in [6.07, 6.45) is 0. The topological polar surface area (TPSA) is 39.4 Å². The van der Waals surface area contributed by atoms with Gasteiger partial charge in [-0.25, -0.2) is 4.79 Å². The van der Waals surface area contributed by atoms with Crippen molar-refractivity contribution < 1.29 is 9.15 Å². The Kier molecular flexibility index (Phi) is 2.54. The number of hydrogen-bond donors (Lipinski definition) is 0. The molecule has 1 heterocycles. The predicted octanol–water partition coefficient (Wildman–Crippen LogP) is 2.52. The maximum Gasteiger partial charge on any atom is 0.339 e. The number of rotatable bonds is 2. The first-order valence-corrected chi connectivity index (χ1v) is 5.15. The van der Waals surface area contributed by atoms with Crippen molar-refractivity contribution in [1.29, 1.82) is 0 Å². The monoisotopic (exact) mass is 254 g/mol. The van der Waals surface area contributed by atoms with Crippen LogP contribution in [0.25, 0.3) is 11.0 Å². The van der Waals surface area contributed by atoms with Gasteiger partial charge in [-0.15, -0.1) is 0 Å². The maximum atomic E-state index is 11.1. The van der Waals surface area contributed by atoms with E-state index in [4.69, 9.17) is 9.15 Å². The van der Waals surface area contributed by atoms with Gasteiger partial charge in [-0.05, 0) is 28.1 Å². The second kappa shape index (κ2) is 3.84. The van der Waals surface area contributed by atoms with Gasteiger partial charge in [-0.2, -0.15) is 0 Å². The molecule has 0 fully saturated rings.